The molecule has 74 valence electrons. The SMILES string of the molecule is CCC(=O)OC(=O)c1ccc(O)cc1. The van der Waals surface area contributed by atoms with Crippen LogP contribution in [0.2, 0.25) is 0 Å². The number of esters is 2. The van der Waals surface area contributed by atoms with Gasteiger partial charge in [0.2, 0.25) is 0 Å². The summed E-state index contributed by atoms with van der Waals surface area (Å²) in [5.74, 6) is -1.21. The zero-order chi connectivity index (χ0) is 10.6. The van der Waals surface area contributed by atoms with Crippen LogP contribution in [0.1, 0.15) is 23.7 Å². The van der Waals surface area contributed by atoms with E-state index in [1.54, 1.807) is 6.92 Å². The van der Waals surface area contributed by atoms with Crippen molar-refractivity contribution < 1.29 is 19.4 Å². The summed E-state index contributed by atoms with van der Waals surface area (Å²) >= 11 is 0. The minimum Gasteiger partial charge on any atom is -0.508 e. The van der Waals surface area contributed by atoms with Crippen molar-refractivity contribution in [2.75, 3.05) is 0 Å². The van der Waals surface area contributed by atoms with Crippen molar-refractivity contribution >= 4 is 11.9 Å². The third-order valence-electron chi connectivity index (χ3n) is 1.60. The molecular formula is C10H10O4. The molecule has 0 radical (unpaired) electrons. The van der Waals surface area contributed by atoms with E-state index in [1.165, 1.54) is 24.3 Å². The monoisotopic (exact) mass is 194 g/mol. The molecule has 0 atom stereocenters. The maximum atomic E-state index is 11.2. The van der Waals surface area contributed by atoms with Gasteiger partial charge >= 0.3 is 11.9 Å². The molecular weight excluding hydrogens is 184 g/mol. The fourth-order valence-corrected chi connectivity index (χ4v) is 0.832. The Bertz CT molecular complexity index is 340. The van der Waals surface area contributed by atoms with Gasteiger partial charge in [-0.25, -0.2) is 4.79 Å². The minimum absolute atomic E-state index is 0.0587. The van der Waals surface area contributed by atoms with Crippen molar-refractivity contribution in [1.29, 1.82) is 0 Å². The lowest BCUT2D eigenvalue weighted by Crippen LogP contribution is -2.11. The summed E-state index contributed by atoms with van der Waals surface area (Å²) in [5, 5.41) is 8.95. The molecule has 14 heavy (non-hydrogen) atoms. The fraction of sp³-hybridized carbons (Fsp3) is 0.200. The van der Waals surface area contributed by atoms with E-state index in [4.69, 9.17) is 5.11 Å². The molecule has 4 heteroatoms. The number of hydrogen-bond acceptors (Lipinski definition) is 4. The molecule has 1 aromatic rings. The highest BCUT2D eigenvalue weighted by atomic mass is 16.6. The maximum absolute atomic E-state index is 11.2. The van der Waals surface area contributed by atoms with Crippen molar-refractivity contribution in [3.05, 3.63) is 29.8 Å². The van der Waals surface area contributed by atoms with Crippen molar-refractivity contribution in [1.82, 2.24) is 0 Å². The first-order chi connectivity index (χ1) is 6.63. The molecule has 0 aliphatic rings. The van der Waals surface area contributed by atoms with Crippen LogP contribution in [0.3, 0.4) is 0 Å². The Morgan fingerprint density at radius 3 is 2.36 bits per heavy atom. The molecule has 0 bridgehead atoms. The van der Waals surface area contributed by atoms with Crippen molar-refractivity contribution in [2.45, 2.75) is 13.3 Å². The van der Waals surface area contributed by atoms with E-state index >= 15 is 0 Å². The van der Waals surface area contributed by atoms with Crippen molar-refractivity contribution in [3.8, 4) is 5.75 Å². The molecule has 0 saturated heterocycles. The molecule has 0 spiro atoms. The molecule has 0 heterocycles. The summed E-state index contributed by atoms with van der Waals surface area (Å²) in [6.07, 6.45) is 0.157. The Hall–Kier alpha value is -1.84. The van der Waals surface area contributed by atoms with Crippen LogP contribution >= 0.6 is 0 Å². The molecule has 1 aromatic carbocycles. The van der Waals surface area contributed by atoms with E-state index < -0.39 is 11.9 Å². The average molecular weight is 194 g/mol. The summed E-state index contributed by atoms with van der Waals surface area (Å²) in [4.78, 5) is 22.0. The number of phenols is 1. The molecule has 0 unspecified atom stereocenters. The van der Waals surface area contributed by atoms with Gasteiger partial charge in [0.1, 0.15) is 5.75 Å². The third-order valence-corrected chi connectivity index (χ3v) is 1.60. The standard InChI is InChI=1S/C10H10O4/c1-2-9(12)14-10(13)7-3-5-8(11)6-4-7/h3-6,11H,2H2,1H3. The van der Waals surface area contributed by atoms with Gasteiger partial charge in [0.25, 0.3) is 0 Å². The zero-order valence-corrected chi connectivity index (χ0v) is 7.69. The van der Waals surface area contributed by atoms with Gasteiger partial charge in [-0.3, -0.25) is 4.79 Å². The number of rotatable bonds is 2. The number of phenolic OH excluding ortho intramolecular Hbond substituents is 1. The van der Waals surface area contributed by atoms with Crippen LogP contribution in [0.15, 0.2) is 24.3 Å². The molecule has 0 aromatic heterocycles. The van der Waals surface area contributed by atoms with Gasteiger partial charge in [-0.05, 0) is 24.3 Å². The van der Waals surface area contributed by atoms with Gasteiger partial charge in [0, 0.05) is 6.42 Å². The summed E-state index contributed by atoms with van der Waals surface area (Å²) in [6.45, 7) is 1.60. The second kappa shape index (κ2) is 4.41. The molecule has 0 aliphatic heterocycles. The topological polar surface area (TPSA) is 63.6 Å². The lowest BCUT2D eigenvalue weighted by molar-refractivity contribution is -0.137. The lowest BCUT2D eigenvalue weighted by Gasteiger charge is -2.00. The van der Waals surface area contributed by atoms with Crippen LogP contribution in [-0.2, 0) is 9.53 Å². The number of ether oxygens (including phenoxy) is 1. The summed E-state index contributed by atoms with van der Waals surface area (Å²) in [6, 6.07) is 5.49. The Morgan fingerprint density at radius 2 is 1.86 bits per heavy atom. The average Bonchev–Trinajstić information content (AvgIpc) is 2.18. The van der Waals surface area contributed by atoms with Crippen LogP contribution in [0.25, 0.3) is 0 Å². The van der Waals surface area contributed by atoms with E-state index in [0.29, 0.717) is 0 Å². The van der Waals surface area contributed by atoms with E-state index in [0.717, 1.165) is 0 Å². The van der Waals surface area contributed by atoms with E-state index in [9.17, 15) is 9.59 Å². The number of aromatic hydroxyl groups is 1. The minimum atomic E-state index is -0.697. The normalized spacial score (nSPS) is 9.50. The van der Waals surface area contributed by atoms with Crippen LogP contribution in [0, 0.1) is 0 Å². The fourth-order valence-electron chi connectivity index (χ4n) is 0.832. The highest BCUT2D eigenvalue weighted by Gasteiger charge is 2.10. The lowest BCUT2D eigenvalue weighted by atomic mass is 10.2. The first-order valence-electron chi connectivity index (χ1n) is 4.17. The van der Waals surface area contributed by atoms with Gasteiger partial charge in [0.05, 0.1) is 5.56 Å². The van der Waals surface area contributed by atoms with Gasteiger partial charge < -0.3 is 9.84 Å². The maximum Gasteiger partial charge on any atom is 0.345 e. The van der Waals surface area contributed by atoms with E-state index in [1.807, 2.05) is 0 Å². The second-order valence-electron chi connectivity index (χ2n) is 2.66. The van der Waals surface area contributed by atoms with Crippen LogP contribution in [0.4, 0.5) is 0 Å². The van der Waals surface area contributed by atoms with Crippen LogP contribution < -0.4 is 0 Å². The van der Waals surface area contributed by atoms with Gasteiger partial charge in [0.15, 0.2) is 0 Å². The summed E-state index contributed by atoms with van der Waals surface area (Å²) < 4.78 is 4.47. The van der Waals surface area contributed by atoms with Crippen LogP contribution in [-0.4, -0.2) is 17.0 Å². The van der Waals surface area contributed by atoms with E-state index in [2.05, 4.69) is 4.74 Å². The van der Waals surface area contributed by atoms with Gasteiger partial charge in [-0.1, -0.05) is 6.92 Å². The third kappa shape index (κ3) is 2.58. The Labute approximate surface area is 81.1 Å². The van der Waals surface area contributed by atoms with Crippen molar-refractivity contribution in [2.24, 2.45) is 0 Å². The van der Waals surface area contributed by atoms with Gasteiger partial charge in [-0.2, -0.15) is 0 Å². The predicted molar refractivity (Wildman–Crippen MR) is 48.8 cm³/mol. The first kappa shape index (κ1) is 10.2. The van der Waals surface area contributed by atoms with Crippen molar-refractivity contribution in [3.63, 3.8) is 0 Å². The first-order valence-corrected chi connectivity index (χ1v) is 4.17. The molecule has 0 saturated carbocycles. The molecule has 0 amide bonds. The highest BCUT2D eigenvalue weighted by Crippen LogP contribution is 2.10. The molecule has 0 fully saturated rings. The Balaban J connectivity index is 2.70. The Morgan fingerprint density at radius 1 is 1.29 bits per heavy atom. The highest BCUT2D eigenvalue weighted by molar-refractivity contribution is 5.96. The quantitative estimate of drug-likeness (QED) is 0.572. The largest absolute Gasteiger partial charge is 0.508 e. The molecule has 1 N–H and O–H groups in total. The number of benzene rings is 1. The predicted octanol–water partition coefficient (Wildman–Crippen LogP) is 1.49. The Kier molecular flexibility index (Phi) is 3.23. The number of carbonyl (C=O) groups excluding carboxylic acids is 2. The molecule has 0 aliphatic carbocycles. The molecule has 4 nitrogen and oxygen atoms in total. The number of carbonyl (C=O) groups is 2. The molecule has 1 rings (SSSR count). The smallest absolute Gasteiger partial charge is 0.345 e. The zero-order valence-electron chi connectivity index (χ0n) is 7.69. The second-order valence-corrected chi connectivity index (χ2v) is 2.66. The summed E-state index contributed by atoms with van der Waals surface area (Å²) in [7, 11) is 0. The van der Waals surface area contributed by atoms with Crippen LogP contribution in [0.5, 0.6) is 5.75 Å². The van der Waals surface area contributed by atoms with Gasteiger partial charge in [-0.15, -0.1) is 0 Å². The number of hydrogen-bond donors (Lipinski definition) is 1. The van der Waals surface area contributed by atoms with E-state index in [-0.39, 0.29) is 17.7 Å². The summed E-state index contributed by atoms with van der Waals surface area (Å²) in [5.41, 5.74) is 0.240.